The van der Waals surface area contributed by atoms with E-state index in [2.05, 4.69) is 15.9 Å². The number of aryl methyl sites for hydroxylation is 1. The summed E-state index contributed by atoms with van der Waals surface area (Å²) in [4.78, 5) is 19.8. The molecule has 0 unspecified atom stereocenters. The number of hydrogen-bond acceptors (Lipinski definition) is 4. The molecule has 0 bridgehead atoms. The first-order chi connectivity index (χ1) is 9.97. The molecule has 2 rings (SSSR count). The number of halogens is 1. The Morgan fingerprint density at radius 1 is 0.905 bits per heavy atom. The van der Waals surface area contributed by atoms with Crippen LogP contribution < -0.4 is 0 Å². The molecule has 0 N–H and O–H groups in total. The molecule has 0 aliphatic heterocycles. The lowest BCUT2D eigenvalue weighted by atomic mass is 10.2. The van der Waals surface area contributed by atoms with Crippen LogP contribution in [0.4, 0.5) is 11.4 Å². The molecule has 0 fully saturated rings. The summed E-state index contributed by atoms with van der Waals surface area (Å²) in [7, 11) is 0. The molecule has 0 saturated carbocycles. The maximum absolute atomic E-state index is 10.4. The van der Waals surface area contributed by atoms with Crippen LogP contribution >= 0.6 is 15.9 Å². The van der Waals surface area contributed by atoms with Crippen LogP contribution in [-0.2, 0) is 5.33 Å². The van der Waals surface area contributed by atoms with Crippen LogP contribution in [0.5, 0.6) is 0 Å². The number of nitro groups is 2. The quantitative estimate of drug-likeness (QED) is 0.465. The van der Waals surface area contributed by atoms with Crippen LogP contribution in [0.1, 0.15) is 11.1 Å². The minimum Gasteiger partial charge on any atom is -0.258 e. The molecule has 0 aromatic heterocycles. The second-order valence-corrected chi connectivity index (χ2v) is 4.62. The standard InChI is InChI=1S/C7H6BrNO2.C7H7NO2/c8-5-6-3-1-2-4-7(6)9(10)11;1-6-4-2-3-5-7(6)8(9)10/h1-4H,5H2;2-5H,1H3. The van der Waals surface area contributed by atoms with Gasteiger partial charge in [0.1, 0.15) is 0 Å². The molecule has 110 valence electrons. The number of benzene rings is 2. The predicted octanol–water partition coefficient (Wildman–Crippen LogP) is 4.39. The Hall–Kier alpha value is -2.28. The highest BCUT2D eigenvalue weighted by Gasteiger charge is 2.09. The van der Waals surface area contributed by atoms with Crippen molar-refractivity contribution in [2.45, 2.75) is 12.3 Å². The van der Waals surface area contributed by atoms with Crippen molar-refractivity contribution in [1.82, 2.24) is 0 Å². The second kappa shape index (κ2) is 8.11. The smallest absolute Gasteiger partial charge is 0.258 e. The largest absolute Gasteiger partial charge is 0.273 e. The summed E-state index contributed by atoms with van der Waals surface area (Å²) in [6, 6.07) is 13.3. The van der Waals surface area contributed by atoms with Crippen LogP contribution in [0.15, 0.2) is 48.5 Å². The van der Waals surface area contributed by atoms with Crippen LogP contribution in [0.25, 0.3) is 0 Å². The van der Waals surface area contributed by atoms with E-state index >= 15 is 0 Å². The van der Waals surface area contributed by atoms with Gasteiger partial charge in [-0.15, -0.1) is 0 Å². The van der Waals surface area contributed by atoms with Gasteiger partial charge in [-0.2, -0.15) is 0 Å². The summed E-state index contributed by atoms with van der Waals surface area (Å²) >= 11 is 3.17. The number of rotatable bonds is 3. The van der Waals surface area contributed by atoms with E-state index in [-0.39, 0.29) is 21.2 Å². The Morgan fingerprint density at radius 2 is 1.38 bits per heavy atom. The molecule has 2 aromatic carbocycles. The summed E-state index contributed by atoms with van der Waals surface area (Å²) < 4.78 is 0. The summed E-state index contributed by atoms with van der Waals surface area (Å²) in [5.74, 6) is 0. The Balaban J connectivity index is 0.000000211. The average Bonchev–Trinajstić information content (AvgIpc) is 2.48. The normalized spacial score (nSPS) is 9.43. The van der Waals surface area contributed by atoms with Gasteiger partial charge in [0.25, 0.3) is 11.4 Å². The van der Waals surface area contributed by atoms with Crippen LogP contribution in [0.2, 0.25) is 0 Å². The van der Waals surface area contributed by atoms with Gasteiger partial charge in [0.15, 0.2) is 0 Å². The van der Waals surface area contributed by atoms with Gasteiger partial charge >= 0.3 is 0 Å². The van der Waals surface area contributed by atoms with Gasteiger partial charge in [0, 0.05) is 28.6 Å². The van der Waals surface area contributed by atoms with Crippen molar-refractivity contribution < 1.29 is 9.85 Å². The van der Waals surface area contributed by atoms with E-state index in [0.29, 0.717) is 16.5 Å². The van der Waals surface area contributed by atoms with Gasteiger partial charge in [0.2, 0.25) is 0 Å². The van der Waals surface area contributed by atoms with Crippen molar-refractivity contribution >= 4 is 27.3 Å². The van der Waals surface area contributed by atoms with Crippen LogP contribution in [-0.4, -0.2) is 9.85 Å². The molecule has 0 spiro atoms. The first kappa shape index (κ1) is 16.8. The summed E-state index contributed by atoms with van der Waals surface area (Å²) in [5.41, 5.74) is 1.76. The fraction of sp³-hybridized carbons (Fsp3) is 0.143. The first-order valence-corrected chi connectivity index (χ1v) is 7.07. The number of para-hydroxylation sites is 2. The summed E-state index contributed by atoms with van der Waals surface area (Å²) in [6.07, 6.45) is 0. The van der Waals surface area contributed by atoms with Gasteiger partial charge in [-0.3, -0.25) is 20.2 Å². The van der Waals surface area contributed by atoms with Gasteiger partial charge in [-0.1, -0.05) is 52.3 Å². The Morgan fingerprint density at radius 3 is 1.76 bits per heavy atom. The zero-order valence-electron chi connectivity index (χ0n) is 11.2. The van der Waals surface area contributed by atoms with Crippen molar-refractivity contribution in [3.8, 4) is 0 Å². The number of hydrogen-bond donors (Lipinski definition) is 0. The fourth-order valence-electron chi connectivity index (χ4n) is 1.57. The third-order valence-electron chi connectivity index (χ3n) is 2.64. The minimum atomic E-state index is -0.380. The van der Waals surface area contributed by atoms with Gasteiger partial charge < -0.3 is 0 Å². The Kier molecular flexibility index (Phi) is 6.48. The predicted molar refractivity (Wildman–Crippen MR) is 83.6 cm³/mol. The van der Waals surface area contributed by atoms with Gasteiger partial charge in [-0.05, 0) is 6.92 Å². The lowest BCUT2D eigenvalue weighted by molar-refractivity contribution is -0.385. The minimum absolute atomic E-state index is 0.171. The van der Waals surface area contributed by atoms with Crippen molar-refractivity contribution in [3.63, 3.8) is 0 Å². The number of nitrogens with zero attached hydrogens (tertiary/aromatic N) is 2. The molecule has 21 heavy (non-hydrogen) atoms. The van der Waals surface area contributed by atoms with E-state index in [0.717, 1.165) is 0 Å². The van der Waals surface area contributed by atoms with E-state index in [1.165, 1.54) is 12.1 Å². The fourth-order valence-corrected chi connectivity index (χ4v) is 2.04. The number of alkyl halides is 1. The van der Waals surface area contributed by atoms with Crippen molar-refractivity contribution in [3.05, 3.63) is 79.9 Å². The van der Waals surface area contributed by atoms with Gasteiger partial charge in [0.05, 0.1) is 9.85 Å². The SMILES string of the molecule is Cc1ccccc1[N+](=O)[O-].O=[N+]([O-])c1ccccc1CBr. The molecule has 0 radical (unpaired) electrons. The molecule has 0 amide bonds. The van der Waals surface area contributed by atoms with Crippen molar-refractivity contribution in [1.29, 1.82) is 0 Å². The third kappa shape index (κ3) is 4.96. The van der Waals surface area contributed by atoms with Crippen LogP contribution in [0, 0.1) is 27.2 Å². The Bertz CT molecular complexity index is 646. The first-order valence-electron chi connectivity index (χ1n) is 5.95. The molecule has 0 saturated heterocycles. The maximum Gasteiger partial charge on any atom is 0.273 e. The maximum atomic E-state index is 10.4. The zero-order valence-corrected chi connectivity index (χ0v) is 12.8. The van der Waals surface area contributed by atoms with E-state index in [4.69, 9.17) is 0 Å². The lowest BCUT2D eigenvalue weighted by Crippen LogP contribution is -1.91. The molecule has 7 heteroatoms. The molecule has 0 aliphatic carbocycles. The molecule has 0 aliphatic rings. The van der Waals surface area contributed by atoms with E-state index in [9.17, 15) is 20.2 Å². The second-order valence-electron chi connectivity index (χ2n) is 4.06. The van der Waals surface area contributed by atoms with E-state index < -0.39 is 0 Å². The molecule has 6 nitrogen and oxygen atoms in total. The number of nitro benzene ring substituents is 2. The monoisotopic (exact) mass is 352 g/mol. The van der Waals surface area contributed by atoms with Crippen molar-refractivity contribution in [2.24, 2.45) is 0 Å². The zero-order chi connectivity index (χ0) is 15.8. The highest BCUT2D eigenvalue weighted by atomic mass is 79.9. The topological polar surface area (TPSA) is 86.3 Å². The van der Waals surface area contributed by atoms with Crippen LogP contribution in [0.3, 0.4) is 0 Å². The van der Waals surface area contributed by atoms with E-state index in [1.807, 2.05) is 0 Å². The summed E-state index contributed by atoms with van der Waals surface area (Å²) in [5, 5.41) is 21.1. The van der Waals surface area contributed by atoms with E-state index in [1.54, 1.807) is 43.3 Å². The molecular weight excluding hydrogens is 340 g/mol. The molecule has 0 atom stereocenters. The average molecular weight is 353 g/mol. The molecule has 0 heterocycles. The molecule has 2 aromatic rings. The highest BCUT2D eigenvalue weighted by Crippen LogP contribution is 2.19. The Labute approximate surface area is 129 Å². The van der Waals surface area contributed by atoms with Gasteiger partial charge in [-0.25, -0.2) is 0 Å². The third-order valence-corrected chi connectivity index (χ3v) is 3.25. The molecular formula is C14H13BrN2O4. The summed E-state index contributed by atoms with van der Waals surface area (Å²) in [6.45, 7) is 1.72. The highest BCUT2D eigenvalue weighted by molar-refractivity contribution is 9.08. The van der Waals surface area contributed by atoms with Crippen molar-refractivity contribution in [2.75, 3.05) is 0 Å². The lowest BCUT2D eigenvalue weighted by Gasteiger charge is -1.95.